The second-order valence-corrected chi connectivity index (χ2v) is 7.33. The van der Waals surface area contributed by atoms with E-state index in [9.17, 15) is 5.11 Å². The van der Waals surface area contributed by atoms with Crippen molar-refractivity contribution in [1.82, 2.24) is 5.32 Å². The molecule has 1 heterocycles. The molecule has 2 atom stereocenters. The molecular formula is C23H30FNO4. The molecule has 0 amide bonds. The topological polar surface area (TPSA) is 60.0 Å². The minimum absolute atomic E-state index is 0.380. The van der Waals surface area contributed by atoms with E-state index in [0.29, 0.717) is 48.6 Å². The van der Waals surface area contributed by atoms with Gasteiger partial charge in [0.15, 0.2) is 0 Å². The number of unbranched alkanes of at least 4 members (excludes halogenated alkanes) is 1. The fourth-order valence-electron chi connectivity index (χ4n) is 3.94. The van der Waals surface area contributed by atoms with Crippen LogP contribution in [-0.2, 0) is 15.1 Å². The first-order chi connectivity index (χ1) is 14.1. The van der Waals surface area contributed by atoms with E-state index in [1.165, 1.54) is 6.07 Å². The van der Waals surface area contributed by atoms with Crippen LogP contribution in [0.5, 0.6) is 5.75 Å². The quantitative estimate of drug-likeness (QED) is 0.628. The number of morpholine rings is 1. The van der Waals surface area contributed by atoms with Crippen LogP contribution in [-0.4, -0.2) is 51.7 Å². The molecule has 1 aliphatic rings. The third-order valence-electron chi connectivity index (χ3n) is 5.46. The minimum Gasteiger partial charge on any atom is -0.497 e. The van der Waals surface area contributed by atoms with E-state index in [1.807, 2.05) is 18.2 Å². The highest BCUT2D eigenvalue weighted by atomic mass is 19.1. The third-order valence-corrected chi connectivity index (χ3v) is 5.46. The van der Waals surface area contributed by atoms with Gasteiger partial charge in [0.05, 0.1) is 13.7 Å². The number of nitrogens with one attached hydrogen (secondary N) is 1. The molecule has 2 aromatic rings. The fraction of sp³-hybridized carbons (Fsp3) is 0.478. The summed E-state index contributed by atoms with van der Waals surface area (Å²) in [6, 6.07) is 12.1. The van der Waals surface area contributed by atoms with Crippen molar-refractivity contribution in [3.8, 4) is 16.9 Å². The predicted octanol–water partition coefficient (Wildman–Crippen LogP) is 3.49. The molecule has 29 heavy (non-hydrogen) atoms. The SMILES string of the molecule is COCCCCC(O)(c1cccc(F)c1-c1cccc(OC)c1)[C@H]1CNCCO1. The lowest BCUT2D eigenvalue weighted by Gasteiger charge is -2.40. The number of benzene rings is 2. The van der Waals surface area contributed by atoms with Crippen LogP contribution >= 0.6 is 0 Å². The fourth-order valence-corrected chi connectivity index (χ4v) is 3.94. The molecule has 2 N–H and O–H groups in total. The zero-order valence-corrected chi connectivity index (χ0v) is 17.1. The number of hydrogen-bond acceptors (Lipinski definition) is 5. The second-order valence-electron chi connectivity index (χ2n) is 7.33. The van der Waals surface area contributed by atoms with Crippen LogP contribution in [0.2, 0.25) is 0 Å². The van der Waals surface area contributed by atoms with Crippen molar-refractivity contribution in [2.24, 2.45) is 0 Å². The van der Waals surface area contributed by atoms with Crippen LogP contribution in [0, 0.1) is 5.82 Å². The Balaban J connectivity index is 2.05. The molecule has 0 spiro atoms. The first-order valence-electron chi connectivity index (χ1n) is 10.1. The van der Waals surface area contributed by atoms with Crippen LogP contribution in [0.15, 0.2) is 42.5 Å². The highest BCUT2D eigenvalue weighted by molar-refractivity contribution is 5.70. The molecule has 6 heteroatoms. The maximum atomic E-state index is 15.1. The van der Waals surface area contributed by atoms with Gasteiger partial charge in [-0.2, -0.15) is 0 Å². The molecule has 0 radical (unpaired) electrons. The lowest BCUT2D eigenvalue weighted by Crippen LogP contribution is -2.51. The highest BCUT2D eigenvalue weighted by Gasteiger charge is 2.42. The van der Waals surface area contributed by atoms with Gasteiger partial charge in [0, 0.05) is 32.4 Å². The van der Waals surface area contributed by atoms with Crippen LogP contribution in [0.3, 0.4) is 0 Å². The maximum Gasteiger partial charge on any atom is 0.131 e. The Morgan fingerprint density at radius 3 is 2.76 bits per heavy atom. The average molecular weight is 403 g/mol. The normalized spacial score (nSPS) is 19.0. The van der Waals surface area contributed by atoms with Gasteiger partial charge in [-0.15, -0.1) is 0 Å². The van der Waals surface area contributed by atoms with Gasteiger partial charge in [-0.1, -0.05) is 24.3 Å². The summed E-state index contributed by atoms with van der Waals surface area (Å²) in [6.07, 6.45) is 1.52. The summed E-state index contributed by atoms with van der Waals surface area (Å²) in [5, 5.41) is 15.2. The smallest absolute Gasteiger partial charge is 0.131 e. The monoisotopic (exact) mass is 403 g/mol. The number of methoxy groups -OCH3 is 2. The summed E-state index contributed by atoms with van der Waals surface area (Å²) in [7, 11) is 3.24. The van der Waals surface area contributed by atoms with Crippen molar-refractivity contribution in [1.29, 1.82) is 0 Å². The van der Waals surface area contributed by atoms with Crippen LogP contribution < -0.4 is 10.1 Å². The van der Waals surface area contributed by atoms with E-state index in [1.54, 1.807) is 32.4 Å². The van der Waals surface area contributed by atoms with Crippen LogP contribution in [0.4, 0.5) is 4.39 Å². The second kappa shape index (κ2) is 10.2. The van der Waals surface area contributed by atoms with Crippen molar-refractivity contribution in [2.45, 2.75) is 31.0 Å². The van der Waals surface area contributed by atoms with Gasteiger partial charge in [-0.25, -0.2) is 4.39 Å². The van der Waals surface area contributed by atoms with E-state index in [2.05, 4.69) is 5.32 Å². The average Bonchev–Trinajstić information content (AvgIpc) is 2.77. The van der Waals surface area contributed by atoms with E-state index in [0.717, 1.165) is 19.4 Å². The summed E-state index contributed by atoms with van der Waals surface area (Å²) < 4.78 is 31.5. The Labute approximate surface area is 171 Å². The summed E-state index contributed by atoms with van der Waals surface area (Å²) in [5.41, 5.74) is 0.255. The largest absolute Gasteiger partial charge is 0.497 e. The zero-order chi connectivity index (χ0) is 20.7. The summed E-state index contributed by atoms with van der Waals surface area (Å²) in [5.74, 6) is 0.255. The molecule has 0 saturated carbocycles. The van der Waals surface area contributed by atoms with Crippen molar-refractivity contribution < 1.29 is 23.7 Å². The minimum atomic E-state index is -1.33. The predicted molar refractivity (Wildman–Crippen MR) is 111 cm³/mol. The summed E-state index contributed by atoms with van der Waals surface area (Å²) >= 11 is 0. The molecule has 1 fully saturated rings. The Morgan fingerprint density at radius 2 is 2.03 bits per heavy atom. The van der Waals surface area contributed by atoms with Gasteiger partial charge in [0.2, 0.25) is 0 Å². The molecule has 1 saturated heterocycles. The van der Waals surface area contributed by atoms with Gasteiger partial charge >= 0.3 is 0 Å². The number of ether oxygens (including phenoxy) is 3. The Bertz CT molecular complexity index is 794. The molecule has 5 nitrogen and oxygen atoms in total. The van der Waals surface area contributed by atoms with Gasteiger partial charge in [-0.3, -0.25) is 0 Å². The molecule has 1 unspecified atom stereocenters. The number of hydrogen-bond donors (Lipinski definition) is 2. The molecule has 158 valence electrons. The van der Waals surface area contributed by atoms with Gasteiger partial charge in [0.25, 0.3) is 0 Å². The van der Waals surface area contributed by atoms with Gasteiger partial charge in [-0.05, 0) is 48.6 Å². The standard InChI is InChI=1S/C23H30FNO4/c1-27-13-4-3-11-23(26,21-16-25-12-14-29-21)19-9-6-10-20(24)22(19)17-7-5-8-18(15-17)28-2/h5-10,15,21,25-26H,3-4,11-14,16H2,1-2H3/t21-,23?/m1/s1. The Morgan fingerprint density at radius 1 is 1.21 bits per heavy atom. The first kappa shape index (κ1) is 21.7. The van der Waals surface area contributed by atoms with Crippen molar-refractivity contribution in [3.63, 3.8) is 0 Å². The summed E-state index contributed by atoms with van der Waals surface area (Å²) in [6.45, 7) is 2.37. The molecular weight excluding hydrogens is 373 g/mol. The van der Waals surface area contributed by atoms with Crippen LogP contribution in [0.1, 0.15) is 24.8 Å². The first-order valence-corrected chi connectivity index (χ1v) is 10.1. The lowest BCUT2D eigenvalue weighted by atomic mass is 9.79. The van der Waals surface area contributed by atoms with Crippen molar-refractivity contribution in [2.75, 3.05) is 40.5 Å². The molecule has 3 rings (SSSR count). The van der Waals surface area contributed by atoms with E-state index < -0.39 is 11.7 Å². The molecule has 2 aromatic carbocycles. The highest BCUT2D eigenvalue weighted by Crippen LogP contribution is 2.41. The van der Waals surface area contributed by atoms with Crippen LogP contribution in [0.25, 0.3) is 11.1 Å². The molecule has 0 aliphatic carbocycles. The lowest BCUT2D eigenvalue weighted by molar-refractivity contribution is -0.129. The Hall–Kier alpha value is -1.99. The molecule has 0 bridgehead atoms. The Kier molecular flexibility index (Phi) is 7.61. The van der Waals surface area contributed by atoms with Gasteiger partial charge in [0.1, 0.15) is 23.3 Å². The van der Waals surface area contributed by atoms with E-state index in [4.69, 9.17) is 14.2 Å². The number of rotatable bonds is 9. The third kappa shape index (κ3) is 4.95. The number of halogens is 1. The van der Waals surface area contributed by atoms with Gasteiger partial charge < -0.3 is 24.6 Å². The van der Waals surface area contributed by atoms with E-state index >= 15 is 4.39 Å². The van der Waals surface area contributed by atoms with E-state index in [-0.39, 0.29) is 5.82 Å². The van der Waals surface area contributed by atoms with Crippen molar-refractivity contribution in [3.05, 3.63) is 53.8 Å². The van der Waals surface area contributed by atoms with Crippen molar-refractivity contribution >= 4 is 0 Å². The summed E-state index contributed by atoms with van der Waals surface area (Å²) in [4.78, 5) is 0. The zero-order valence-electron chi connectivity index (χ0n) is 17.1. The maximum absolute atomic E-state index is 15.1. The molecule has 1 aliphatic heterocycles. The number of aliphatic hydroxyl groups is 1. The molecule has 0 aromatic heterocycles.